The molecule has 0 aliphatic heterocycles. The lowest BCUT2D eigenvalue weighted by Crippen LogP contribution is -2.41. The third kappa shape index (κ3) is 4.09. The number of rotatable bonds is 6. The summed E-state index contributed by atoms with van der Waals surface area (Å²) in [7, 11) is 0. The van der Waals surface area contributed by atoms with Gasteiger partial charge in [-0.3, -0.25) is 13.9 Å². The Hall–Kier alpha value is -2.92. The molecule has 11 nitrogen and oxygen atoms in total. The Morgan fingerprint density at radius 1 is 0.963 bits per heavy atom. The minimum Gasteiger partial charge on any atom is -0.493 e. The number of aliphatic hydroxyl groups is 2. The first-order chi connectivity index (χ1) is 12.7. The van der Waals surface area contributed by atoms with E-state index >= 15 is 0 Å². The highest BCUT2D eigenvalue weighted by atomic mass is 16.3. The summed E-state index contributed by atoms with van der Waals surface area (Å²) >= 11 is 0. The third-order valence-electron chi connectivity index (χ3n) is 3.69. The Labute approximate surface area is 154 Å². The fourth-order valence-corrected chi connectivity index (χ4v) is 2.47. The highest BCUT2D eigenvalue weighted by molar-refractivity contribution is 5.44. The lowest BCUT2D eigenvalue weighted by molar-refractivity contribution is 0.268. The molecule has 0 aliphatic carbocycles. The van der Waals surface area contributed by atoms with Crippen LogP contribution in [0.5, 0.6) is 5.88 Å². The predicted molar refractivity (Wildman–Crippen MR) is 95.5 cm³/mol. The van der Waals surface area contributed by atoms with Crippen molar-refractivity contribution >= 4 is 11.6 Å². The molecule has 0 amide bonds. The van der Waals surface area contributed by atoms with Crippen molar-refractivity contribution < 1.29 is 15.3 Å². The maximum absolute atomic E-state index is 12.6. The van der Waals surface area contributed by atoms with Crippen molar-refractivity contribution in [2.24, 2.45) is 10.2 Å². The van der Waals surface area contributed by atoms with Gasteiger partial charge in [-0.15, -0.1) is 10.2 Å². The van der Waals surface area contributed by atoms with E-state index in [1.807, 2.05) is 0 Å². The highest BCUT2D eigenvalue weighted by Gasteiger charge is 2.22. The van der Waals surface area contributed by atoms with Crippen LogP contribution in [0.3, 0.4) is 0 Å². The Bertz CT molecular complexity index is 954. The lowest BCUT2D eigenvalue weighted by atomic mass is 10.3. The summed E-state index contributed by atoms with van der Waals surface area (Å²) < 4.78 is 2.01. The molecular formula is C16H22N6O5. The summed E-state index contributed by atoms with van der Waals surface area (Å²) in [4.78, 5) is 32.9. The number of aromatic hydroxyl groups is 1. The van der Waals surface area contributed by atoms with Crippen LogP contribution >= 0.6 is 0 Å². The second-order valence-electron chi connectivity index (χ2n) is 6.35. The van der Waals surface area contributed by atoms with Gasteiger partial charge in [-0.1, -0.05) is 0 Å². The summed E-state index contributed by atoms with van der Waals surface area (Å²) in [5.74, 6) is -0.816. The fourth-order valence-electron chi connectivity index (χ4n) is 2.47. The molecule has 0 aromatic carbocycles. The first-order valence-electron chi connectivity index (χ1n) is 8.31. The van der Waals surface area contributed by atoms with Gasteiger partial charge in [0.05, 0.1) is 24.6 Å². The molecule has 3 N–H and O–H groups in total. The van der Waals surface area contributed by atoms with Gasteiger partial charge in [0.15, 0.2) is 0 Å². The quantitative estimate of drug-likeness (QED) is 0.635. The minimum atomic E-state index is -0.797. The molecule has 0 fully saturated rings. The molecule has 2 aromatic heterocycles. The van der Waals surface area contributed by atoms with Crippen LogP contribution in [-0.2, 0) is 13.2 Å². The third-order valence-corrected chi connectivity index (χ3v) is 3.69. The maximum atomic E-state index is 12.6. The molecular weight excluding hydrogens is 356 g/mol. The van der Waals surface area contributed by atoms with E-state index in [4.69, 9.17) is 0 Å². The van der Waals surface area contributed by atoms with Gasteiger partial charge >= 0.3 is 5.69 Å². The van der Waals surface area contributed by atoms with Gasteiger partial charge in [-0.05, 0) is 33.8 Å². The van der Waals surface area contributed by atoms with Crippen LogP contribution in [0, 0.1) is 0 Å². The first kappa shape index (κ1) is 20.4. The van der Waals surface area contributed by atoms with Crippen LogP contribution < -0.4 is 11.2 Å². The van der Waals surface area contributed by atoms with Crippen LogP contribution in [0.1, 0.15) is 51.2 Å². The van der Waals surface area contributed by atoms with Gasteiger partial charge in [0.2, 0.25) is 11.6 Å². The molecule has 0 spiro atoms. The zero-order chi connectivity index (χ0) is 20.3. The Morgan fingerprint density at radius 3 is 1.93 bits per heavy atom. The van der Waals surface area contributed by atoms with Gasteiger partial charge in [0.1, 0.15) is 0 Å². The van der Waals surface area contributed by atoms with E-state index in [0.717, 1.165) is 9.13 Å². The number of nitrogens with zero attached hydrogens (tertiary/aromatic N) is 6. The van der Waals surface area contributed by atoms with Gasteiger partial charge in [0, 0.05) is 12.1 Å². The van der Waals surface area contributed by atoms with Crippen molar-refractivity contribution in [1.82, 2.24) is 19.1 Å². The standard InChI is InChI=1S/C16H22N6O5/c1-8(2)21-13(25)12(14(26)22(9(3)4)16(21)27)19-20-15-17-10(6-23)5-11(7-24)18-15/h5,8-9,23-25H,6-7H2,1-4H3. The van der Waals surface area contributed by atoms with E-state index in [-0.39, 0.29) is 17.3 Å². The van der Waals surface area contributed by atoms with E-state index in [9.17, 15) is 24.9 Å². The van der Waals surface area contributed by atoms with Crippen molar-refractivity contribution in [3.8, 4) is 5.88 Å². The largest absolute Gasteiger partial charge is 0.493 e. The SMILES string of the molecule is CC(C)n1c(O)c(N=Nc2nc(CO)cc(CO)n2)c(=O)n(C(C)C)c1=O. The van der Waals surface area contributed by atoms with E-state index in [2.05, 4.69) is 20.2 Å². The van der Waals surface area contributed by atoms with E-state index < -0.39 is 48.1 Å². The summed E-state index contributed by atoms with van der Waals surface area (Å²) in [6, 6.07) is 0.507. The molecule has 0 saturated carbocycles. The monoisotopic (exact) mass is 378 g/mol. The van der Waals surface area contributed by atoms with Gasteiger partial charge in [-0.25, -0.2) is 14.8 Å². The van der Waals surface area contributed by atoms with Crippen molar-refractivity contribution in [3.05, 3.63) is 38.3 Å². The van der Waals surface area contributed by atoms with Crippen LogP contribution in [0.15, 0.2) is 25.9 Å². The lowest BCUT2D eigenvalue weighted by Gasteiger charge is -2.17. The van der Waals surface area contributed by atoms with Crippen molar-refractivity contribution in [1.29, 1.82) is 0 Å². The van der Waals surface area contributed by atoms with Crippen LogP contribution in [0.2, 0.25) is 0 Å². The Balaban J connectivity index is 2.68. The molecule has 27 heavy (non-hydrogen) atoms. The minimum absolute atomic E-state index is 0.206. The predicted octanol–water partition coefficient (Wildman–Crippen LogP) is 1.07. The molecule has 0 unspecified atom stereocenters. The Morgan fingerprint density at radius 2 is 1.48 bits per heavy atom. The summed E-state index contributed by atoms with van der Waals surface area (Å²) in [6.45, 7) is 5.88. The molecule has 0 aliphatic rings. The van der Waals surface area contributed by atoms with Gasteiger partial charge in [-0.2, -0.15) is 0 Å². The van der Waals surface area contributed by atoms with E-state index in [0.29, 0.717) is 0 Å². The van der Waals surface area contributed by atoms with Gasteiger partial charge < -0.3 is 15.3 Å². The second kappa shape index (κ2) is 8.18. The van der Waals surface area contributed by atoms with Gasteiger partial charge in [0.25, 0.3) is 11.5 Å². The molecule has 2 aromatic rings. The zero-order valence-electron chi connectivity index (χ0n) is 15.5. The second-order valence-corrected chi connectivity index (χ2v) is 6.35. The summed E-state index contributed by atoms with van der Waals surface area (Å²) in [6.07, 6.45) is 0. The first-order valence-corrected chi connectivity index (χ1v) is 8.31. The normalized spacial score (nSPS) is 11.9. The topological polar surface area (TPSA) is 155 Å². The molecule has 2 rings (SSSR count). The highest BCUT2D eigenvalue weighted by Crippen LogP contribution is 2.25. The average molecular weight is 378 g/mol. The van der Waals surface area contributed by atoms with Crippen LogP contribution in [0.4, 0.5) is 11.6 Å². The zero-order valence-corrected chi connectivity index (χ0v) is 15.5. The van der Waals surface area contributed by atoms with E-state index in [1.165, 1.54) is 6.07 Å². The molecule has 2 heterocycles. The van der Waals surface area contributed by atoms with E-state index in [1.54, 1.807) is 27.7 Å². The molecule has 146 valence electrons. The number of aromatic nitrogens is 4. The molecule has 0 saturated heterocycles. The molecule has 11 heteroatoms. The average Bonchev–Trinajstić information content (AvgIpc) is 2.60. The summed E-state index contributed by atoms with van der Waals surface area (Å²) in [5, 5.41) is 36.3. The fraction of sp³-hybridized carbons (Fsp3) is 0.500. The smallest absolute Gasteiger partial charge is 0.334 e. The van der Waals surface area contributed by atoms with Crippen molar-refractivity contribution in [3.63, 3.8) is 0 Å². The van der Waals surface area contributed by atoms with Crippen LogP contribution in [-0.4, -0.2) is 34.4 Å². The number of hydrogen-bond donors (Lipinski definition) is 3. The number of azo groups is 1. The van der Waals surface area contributed by atoms with Crippen molar-refractivity contribution in [2.75, 3.05) is 0 Å². The van der Waals surface area contributed by atoms with Crippen LogP contribution in [0.25, 0.3) is 0 Å². The summed E-state index contributed by atoms with van der Waals surface area (Å²) in [5.41, 5.74) is -1.46. The Kier molecular flexibility index (Phi) is 6.18. The molecule has 0 radical (unpaired) electrons. The van der Waals surface area contributed by atoms with Crippen molar-refractivity contribution in [2.45, 2.75) is 53.0 Å². The number of hydrogen-bond acceptors (Lipinski definition) is 9. The maximum Gasteiger partial charge on any atom is 0.334 e. The molecule has 0 bridgehead atoms. The number of aliphatic hydroxyl groups excluding tert-OH is 2. The molecule has 0 atom stereocenters.